The molecule has 2 atom stereocenters. The lowest BCUT2D eigenvalue weighted by Crippen LogP contribution is -2.55. The standard InChI is InChI=1S/C8H15BN2O2/c1-6-4-10(2)7(3-8(12)13)5-11(6)9/h6-7H,3-5H2,1-2H3,(H,12,13). The number of carboxylic acids is 1. The summed E-state index contributed by atoms with van der Waals surface area (Å²) in [7, 11) is 7.66. The van der Waals surface area contributed by atoms with Crippen molar-refractivity contribution in [1.82, 2.24) is 9.71 Å². The Morgan fingerprint density at radius 3 is 2.77 bits per heavy atom. The normalized spacial score (nSPS) is 31.8. The molecule has 0 aromatic heterocycles. The Morgan fingerprint density at radius 2 is 2.23 bits per heavy atom. The van der Waals surface area contributed by atoms with Crippen LogP contribution < -0.4 is 0 Å². The highest BCUT2D eigenvalue weighted by Crippen LogP contribution is 2.13. The molecule has 72 valence electrons. The lowest BCUT2D eigenvalue weighted by Gasteiger charge is -2.42. The van der Waals surface area contributed by atoms with E-state index in [1.54, 1.807) is 4.81 Å². The first-order valence-corrected chi connectivity index (χ1v) is 4.44. The number of likely N-dealkylation sites (N-methyl/N-ethyl adjacent to an activating group) is 1. The predicted octanol–water partition coefficient (Wildman–Crippen LogP) is -0.451. The largest absolute Gasteiger partial charge is 0.481 e. The predicted molar refractivity (Wildman–Crippen MR) is 50.6 cm³/mol. The molecule has 5 heteroatoms. The van der Waals surface area contributed by atoms with Crippen LogP contribution in [0, 0.1) is 0 Å². The van der Waals surface area contributed by atoms with Crippen LogP contribution in [-0.4, -0.2) is 61.0 Å². The van der Waals surface area contributed by atoms with Gasteiger partial charge in [-0.15, -0.1) is 0 Å². The number of hydrogen-bond acceptors (Lipinski definition) is 3. The van der Waals surface area contributed by atoms with Crippen molar-refractivity contribution in [3.63, 3.8) is 0 Å². The second-order valence-corrected chi connectivity index (χ2v) is 3.74. The van der Waals surface area contributed by atoms with Gasteiger partial charge in [-0.3, -0.25) is 4.79 Å². The van der Waals surface area contributed by atoms with Crippen molar-refractivity contribution in [3.8, 4) is 0 Å². The molecule has 0 bridgehead atoms. The first-order chi connectivity index (χ1) is 6.00. The third-order valence-electron chi connectivity index (χ3n) is 2.57. The van der Waals surface area contributed by atoms with Gasteiger partial charge in [0.15, 0.2) is 7.98 Å². The molecule has 1 rings (SSSR count). The lowest BCUT2D eigenvalue weighted by molar-refractivity contribution is -0.138. The van der Waals surface area contributed by atoms with Crippen LogP contribution >= 0.6 is 0 Å². The maximum absolute atomic E-state index is 10.5. The van der Waals surface area contributed by atoms with Crippen molar-refractivity contribution in [2.24, 2.45) is 0 Å². The molecule has 2 unspecified atom stereocenters. The minimum Gasteiger partial charge on any atom is -0.481 e. The number of rotatable bonds is 2. The summed E-state index contributed by atoms with van der Waals surface area (Å²) in [5, 5.41) is 8.65. The fourth-order valence-corrected chi connectivity index (χ4v) is 1.66. The molecular weight excluding hydrogens is 167 g/mol. The van der Waals surface area contributed by atoms with Crippen LogP contribution in [0.15, 0.2) is 0 Å². The molecular formula is C8H15BN2O2. The number of nitrogens with zero attached hydrogens (tertiary/aromatic N) is 2. The van der Waals surface area contributed by atoms with E-state index in [1.165, 1.54) is 0 Å². The molecule has 2 radical (unpaired) electrons. The molecule has 1 N–H and O–H groups in total. The Balaban J connectivity index is 2.51. The monoisotopic (exact) mass is 182 g/mol. The third-order valence-corrected chi connectivity index (χ3v) is 2.57. The first kappa shape index (κ1) is 10.5. The SMILES string of the molecule is [B]N1CC(CC(=O)O)N(C)CC1C. The van der Waals surface area contributed by atoms with Crippen molar-refractivity contribution < 1.29 is 9.90 Å². The average molecular weight is 182 g/mol. The zero-order valence-electron chi connectivity index (χ0n) is 8.10. The molecule has 1 aliphatic rings. The fraction of sp³-hybridized carbons (Fsp3) is 0.875. The first-order valence-electron chi connectivity index (χ1n) is 4.44. The van der Waals surface area contributed by atoms with Gasteiger partial charge in [-0.1, -0.05) is 0 Å². The molecule has 0 aliphatic carbocycles. The van der Waals surface area contributed by atoms with Gasteiger partial charge in [0.1, 0.15) is 0 Å². The molecule has 0 saturated carbocycles. The summed E-state index contributed by atoms with van der Waals surface area (Å²) < 4.78 is 0. The number of carbonyl (C=O) groups is 1. The van der Waals surface area contributed by atoms with E-state index in [9.17, 15) is 4.79 Å². The highest BCUT2D eigenvalue weighted by Gasteiger charge is 2.27. The smallest absolute Gasteiger partial charge is 0.304 e. The topological polar surface area (TPSA) is 43.8 Å². The van der Waals surface area contributed by atoms with Crippen molar-refractivity contribution in [2.45, 2.75) is 25.4 Å². The van der Waals surface area contributed by atoms with Gasteiger partial charge < -0.3 is 14.8 Å². The Kier molecular flexibility index (Phi) is 3.33. The van der Waals surface area contributed by atoms with E-state index in [-0.39, 0.29) is 12.5 Å². The number of carboxylic acid groups (broad SMARTS) is 1. The van der Waals surface area contributed by atoms with E-state index >= 15 is 0 Å². The molecule has 1 saturated heterocycles. The summed E-state index contributed by atoms with van der Waals surface area (Å²) in [6.45, 7) is 3.49. The minimum atomic E-state index is -0.764. The Bertz CT molecular complexity index is 201. The summed E-state index contributed by atoms with van der Waals surface area (Å²) in [4.78, 5) is 14.3. The average Bonchev–Trinajstić information content (AvgIpc) is 1.99. The molecule has 1 fully saturated rings. The highest BCUT2D eigenvalue weighted by atomic mass is 16.4. The van der Waals surface area contributed by atoms with Gasteiger partial charge in [-0.25, -0.2) is 0 Å². The fourth-order valence-electron chi connectivity index (χ4n) is 1.66. The maximum Gasteiger partial charge on any atom is 0.304 e. The zero-order valence-corrected chi connectivity index (χ0v) is 8.10. The van der Waals surface area contributed by atoms with E-state index in [0.29, 0.717) is 12.6 Å². The minimum absolute atomic E-state index is 0.0405. The molecule has 1 heterocycles. The van der Waals surface area contributed by atoms with Crippen molar-refractivity contribution in [1.29, 1.82) is 0 Å². The van der Waals surface area contributed by atoms with Crippen LogP contribution in [0.2, 0.25) is 0 Å². The van der Waals surface area contributed by atoms with Crippen LogP contribution in [0.5, 0.6) is 0 Å². The lowest BCUT2D eigenvalue weighted by atomic mass is 10.0. The third kappa shape index (κ3) is 2.71. The van der Waals surface area contributed by atoms with E-state index in [1.807, 2.05) is 14.0 Å². The molecule has 0 spiro atoms. The van der Waals surface area contributed by atoms with Gasteiger partial charge in [0.2, 0.25) is 0 Å². The van der Waals surface area contributed by atoms with E-state index in [0.717, 1.165) is 6.54 Å². The maximum atomic E-state index is 10.5. The summed E-state index contributed by atoms with van der Waals surface area (Å²) in [5.74, 6) is -0.764. The zero-order chi connectivity index (χ0) is 10.0. The molecule has 4 nitrogen and oxygen atoms in total. The quantitative estimate of drug-likeness (QED) is 0.587. The Labute approximate surface area is 79.9 Å². The molecule has 0 aromatic carbocycles. The summed E-state index contributed by atoms with van der Waals surface area (Å²) in [5.41, 5.74) is 0. The summed E-state index contributed by atoms with van der Waals surface area (Å²) >= 11 is 0. The number of aliphatic carboxylic acids is 1. The van der Waals surface area contributed by atoms with Gasteiger partial charge in [-0.2, -0.15) is 0 Å². The van der Waals surface area contributed by atoms with Crippen molar-refractivity contribution in [3.05, 3.63) is 0 Å². The van der Waals surface area contributed by atoms with Crippen LogP contribution in [-0.2, 0) is 4.79 Å². The van der Waals surface area contributed by atoms with E-state index in [2.05, 4.69) is 4.90 Å². The van der Waals surface area contributed by atoms with Crippen LogP contribution in [0.25, 0.3) is 0 Å². The summed E-state index contributed by atoms with van der Waals surface area (Å²) in [6.07, 6.45) is 0.164. The Hall–Kier alpha value is -0.545. The van der Waals surface area contributed by atoms with Gasteiger partial charge in [0.05, 0.1) is 6.42 Å². The van der Waals surface area contributed by atoms with Gasteiger partial charge in [0.25, 0.3) is 0 Å². The highest BCUT2D eigenvalue weighted by molar-refractivity contribution is 6.04. The molecule has 1 aliphatic heterocycles. The van der Waals surface area contributed by atoms with Gasteiger partial charge >= 0.3 is 5.97 Å². The number of piperazine rings is 1. The van der Waals surface area contributed by atoms with Crippen molar-refractivity contribution in [2.75, 3.05) is 20.1 Å². The van der Waals surface area contributed by atoms with Gasteiger partial charge in [-0.05, 0) is 14.0 Å². The van der Waals surface area contributed by atoms with Gasteiger partial charge in [0, 0.05) is 25.2 Å². The van der Waals surface area contributed by atoms with Crippen LogP contribution in [0.3, 0.4) is 0 Å². The number of hydrogen-bond donors (Lipinski definition) is 1. The van der Waals surface area contributed by atoms with E-state index < -0.39 is 5.97 Å². The molecule has 0 amide bonds. The van der Waals surface area contributed by atoms with Crippen LogP contribution in [0.1, 0.15) is 13.3 Å². The molecule has 13 heavy (non-hydrogen) atoms. The van der Waals surface area contributed by atoms with Crippen molar-refractivity contribution >= 4 is 14.0 Å². The second-order valence-electron chi connectivity index (χ2n) is 3.74. The second kappa shape index (κ2) is 4.11. The van der Waals surface area contributed by atoms with E-state index in [4.69, 9.17) is 13.1 Å². The molecule has 0 aromatic rings. The van der Waals surface area contributed by atoms with Crippen LogP contribution in [0.4, 0.5) is 0 Å². The Morgan fingerprint density at radius 1 is 1.62 bits per heavy atom. The summed E-state index contributed by atoms with van der Waals surface area (Å²) in [6, 6.07) is 0.341.